The van der Waals surface area contributed by atoms with Crippen molar-refractivity contribution in [3.63, 3.8) is 0 Å². The molecule has 28 heavy (non-hydrogen) atoms. The molecule has 2 bridgehead atoms. The van der Waals surface area contributed by atoms with E-state index in [2.05, 4.69) is 17.0 Å². The number of carbonyl (C=O) groups is 2. The molecule has 1 aromatic carbocycles. The van der Waals surface area contributed by atoms with Crippen LogP contribution in [0, 0.1) is 0 Å². The molecule has 0 radical (unpaired) electrons. The molecule has 1 amide bonds. The summed E-state index contributed by atoms with van der Waals surface area (Å²) in [5.74, 6) is -0.343. The molecule has 0 aliphatic carbocycles. The SMILES string of the molecule is CC(C)OC(=O)C1C2CC[C@H](CN1C(=O)OC(C)(C)C)N2Cc1ccccc1. The van der Waals surface area contributed by atoms with Crippen LogP contribution in [0.1, 0.15) is 53.0 Å². The highest BCUT2D eigenvalue weighted by molar-refractivity contribution is 5.83. The van der Waals surface area contributed by atoms with Crippen molar-refractivity contribution in [1.82, 2.24) is 9.80 Å². The van der Waals surface area contributed by atoms with Crippen molar-refractivity contribution in [2.75, 3.05) is 6.54 Å². The predicted molar refractivity (Wildman–Crippen MR) is 107 cm³/mol. The first-order chi connectivity index (χ1) is 13.2. The number of esters is 1. The van der Waals surface area contributed by atoms with Crippen LogP contribution in [0.3, 0.4) is 0 Å². The van der Waals surface area contributed by atoms with Crippen LogP contribution in [0.5, 0.6) is 0 Å². The van der Waals surface area contributed by atoms with E-state index in [1.165, 1.54) is 5.56 Å². The third kappa shape index (κ3) is 4.66. The summed E-state index contributed by atoms with van der Waals surface area (Å²) in [4.78, 5) is 29.8. The first-order valence-corrected chi connectivity index (χ1v) is 10.2. The minimum atomic E-state index is -0.639. The standard InChI is InChI=1S/C22H32N2O4/c1-15(2)27-20(25)19-18-12-11-17(14-24(19)21(26)28-22(3,4)5)23(18)13-16-9-7-6-8-10-16/h6-10,15,17-19H,11-14H2,1-5H3/t17-,18?,19?/m1/s1. The highest BCUT2D eigenvalue weighted by Gasteiger charge is 2.52. The van der Waals surface area contributed by atoms with E-state index in [9.17, 15) is 9.59 Å². The highest BCUT2D eigenvalue weighted by Crippen LogP contribution is 2.37. The lowest BCUT2D eigenvalue weighted by Gasteiger charge is -2.45. The van der Waals surface area contributed by atoms with Crippen molar-refractivity contribution in [2.45, 2.75) is 83.8 Å². The molecule has 2 heterocycles. The van der Waals surface area contributed by atoms with E-state index < -0.39 is 17.7 Å². The quantitative estimate of drug-likeness (QED) is 0.738. The van der Waals surface area contributed by atoms with Gasteiger partial charge in [-0.05, 0) is 53.0 Å². The van der Waals surface area contributed by atoms with E-state index in [4.69, 9.17) is 9.47 Å². The first-order valence-electron chi connectivity index (χ1n) is 10.2. The molecule has 154 valence electrons. The van der Waals surface area contributed by atoms with Gasteiger partial charge in [-0.1, -0.05) is 30.3 Å². The Morgan fingerprint density at radius 3 is 2.43 bits per heavy atom. The normalized spacial score (nSPS) is 25.1. The molecule has 6 nitrogen and oxygen atoms in total. The van der Waals surface area contributed by atoms with E-state index >= 15 is 0 Å². The van der Waals surface area contributed by atoms with Crippen LogP contribution in [0.15, 0.2) is 30.3 Å². The molecule has 2 aliphatic heterocycles. The van der Waals surface area contributed by atoms with Crippen LogP contribution in [0.2, 0.25) is 0 Å². The Morgan fingerprint density at radius 1 is 1.14 bits per heavy atom. The minimum absolute atomic E-state index is 0.0577. The topological polar surface area (TPSA) is 59.1 Å². The van der Waals surface area contributed by atoms with Crippen LogP contribution in [0.4, 0.5) is 4.79 Å². The second-order valence-corrected chi connectivity index (χ2v) is 9.02. The van der Waals surface area contributed by atoms with Crippen molar-refractivity contribution in [1.29, 1.82) is 0 Å². The Balaban J connectivity index is 1.85. The van der Waals surface area contributed by atoms with Crippen molar-refractivity contribution < 1.29 is 19.1 Å². The molecular weight excluding hydrogens is 356 g/mol. The average Bonchev–Trinajstić information content (AvgIpc) is 2.85. The molecule has 3 rings (SSSR count). The highest BCUT2D eigenvalue weighted by atomic mass is 16.6. The number of carbonyl (C=O) groups excluding carboxylic acids is 2. The maximum Gasteiger partial charge on any atom is 0.411 e. The Labute approximate surface area is 167 Å². The Morgan fingerprint density at radius 2 is 1.82 bits per heavy atom. The molecular formula is C22H32N2O4. The van der Waals surface area contributed by atoms with E-state index in [1.54, 1.807) is 4.90 Å². The van der Waals surface area contributed by atoms with Crippen molar-refractivity contribution in [3.05, 3.63) is 35.9 Å². The molecule has 0 spiro atoms. The van der Waals surface area contributed by atoms with Crippen LogP contribution < -0.4 is 0 Å². The summed E-state index contributed by atoms with van der Waals surface area (Å²) < 4.78 is 11.1. The molecule has 2 fully saturated rings. The third-order valence-corrected chi connectivity index (χ3v) is 5.23. The molecule has 2 saturated heterocycles. The number of ether oxygens (including phenoxy) is 2. The second-order valence-electron chi connectivity index (χ2n) is 9.02. The summed E-state index contributed by atoms with van der Waals surface area (Å²) in [6, 6.07) is 9.78. The number of amides is 1. The van der Waals surface area contributed by atoms with Crippen molar-refractivity contribution in [3.8, 4) is 0 Å². The zero-order chi connectivity index (χ0) is 20.5. The zero-order valence-corrected chi connectivity index (χ0v) is 17.6. The van der Waals surface area contributed by atoms with Gasteiger partial charge in [-0.3, -0.25) is 9.80 Å². The van der Waals surface area contributed by atoms with Gasteiger partial charge in [-0.2, -0.15) is 0 Å². The average molecular weight is 389 g/mol. The van der Waals surface area contributed by atoms with Gasteiger partial charge in [0.1, 0.15) is 11.6 Å². The fourth-order valence-electron chi connectivity index (χ4n) is 4.18. The molecule has 6 heteroatoms. The van der Waals surface area contributed by atoms with Gasteiger partial charge in [0.15, 0.2) is 0 Å². The van der Waals surface area contributed by atoms with Crippen LogP contribution in [-0.4, -0.2) is 58.2 Å². The summed E-state index contributed by atoms with van der Waals surface area (Å²) >= 11 is 0. The maximum atomic E-state index is 13.0. The van der Waals surface area contributed by atoms with Gasteiger partial charge in [-0.15, -0.1) is 0 Å². The minimum Gasteiger partial charge on any atom is -0.461 e. The van der Waals surface area contributed by atoms with Gasteiger partial charge in [0.05, 0.1) is 6.10 Å². The number of rotatable bonds is 4. The van der Waals surface area contributed by atoms with Gasteiger partial charge in [0, 0.05) is 25.2 Å². The van der Waals surface area contributed by atoms with E-state index in [0.717, 1.165) is 19.4 Å². The van der Waals surface area contributed by atoms with Gasteiger partial charge in [-0.25, -0.2) is 9.59 Å². The van der Waals surface area contributed by atoms with Crippen LogP contribution in [0.25, 0.3) is 0 Å². The van der Waals surface area contributed by atoms with Crippen LogP contribution >= 0.6 is 0 Å². The van der Waals surface area contributed by atoms with Gasteiger partial charge >= 0.3 is 12.1 Å². The summed E-state index contributed by atoms with van der Waals surface area (Å²) in [6.07, 6.45) is 1.17. The maximum absolute atomic E-state index is 13.0. The molecule has 0 aromatic heterocycles. The number of nitrogens with zero attached hydrogens (tertiary/aromatic N) is 2. The molecule has 2 unspecified atom stereocenters. The number of hydrogen-bond donors (Lipinski definition) is 0. The lowest BCUT2D eigenvalue weighted by Crippen LogP contribution is -2.64. The van der Waals surface area contributed by atoms with E-state index in [1.807, 2.05) is 52.8 Å². The Hall–Kier alpha value is -2.08. The lowest BCUT2D eigenvalue weighted by molar-refractivity contribution is -0.159. The Bertz CT molecular complexity index is 698. The van der Waals surface area contributed by atoms with E-state index in [-0.39, 0.29) is 24.2 Å². The molecule has 2 aliphatic rings. The second kappa shape index (κ2) is 8.11. The van der Waals surface area contributed by atoms with E-state index in [0.29, 0.717) is 6.54 Å². The number of fused-ring (bicyclic) bond motifs is 2. The number of hydrogen-bond acceptors (Lipinski definition) is 5. The summed E-state index contributed by atoms with van der Waals surface area (Å²) in [7, 11) is 0. The monoisotopic (exact) mass is 388 g/mol. The van der Waals surface area contributed by atoms with Gasteiger partial charge in [0.2, 0.25) is 0 Å². The zero-order valence-electron chi connectivity index (χ0n) is 17.6. The fourth-order valence-corrected chi connectivity index (χ4v) is 4.18. The molecule has 0 saturated carbocycles. The van der Waals surface area contributed by atoms with Gasteiger partial charge in [0.25, 0.3) is 0 Å². The Kier molecular flexibility index (Phi) is 5.98. The third-order valence-electron chi connectivity index (χ3n) is 5.23. The first kappa shape index (κ1) is 20.6. The predicted octanol–water partition coefficient (Wildman–Crippen LogP) is 3.59. The molecule has 0 N–H and O–H groups in total. The van der Waals surface area contributed by atoms with Crippen LogP contribution in [-0.2, 0) is 20.8 Å². The number of benzene rings is 1. The fraction of sp³-hybridized carbons (Fsp3) is 0.636. The molecule has 3 atom stereocenters. The summed E-state index contributed by atoms with van der Waals surface area (Å²) in [5.41, 5.74) is 0.602. The largest absolute Gasteiger partial charge is 0.461 e. The summed E-state index contributed by atoms with van der Waals surface area (Å²) in [6.45, 7) is 10.4. The van der Waals surface area contributed by atoms with Crippen molar-refractivity contribution in [2.24, 2.45) is 0 Å². The lowest BCUT2D eigenvalue weighted by atomic mass is 10.0. The van der Waals surface area contributed by atoms with Crippen molar-refractivity contribution >= 4 is 12.1 Å². The van der Waals surface area contributed by atoms with Gasteiger partial charge < -0.3 is 9.47 Å². The summed E-state index contributed by atoms with van der Waals surface area (Å²) in [5, 5.41) is 0. The number of likely N-dealkylation sites (tertiary alicyclic amines) is 1. The number of piperazine rings is 1. The molecule has 1 aromatic rings. The smallest absolute Gasteiger partial charge is 0.411 e.